The fourth-order valence-electron chi connectivity index (χ4n) is 2.03. The maximum Gasteiger partial charge on any atom is 0.325 e. The highest BCUT2D eigenvalue weighted by Gasteiger charge is 2.27. The van der Waals surface area contributed by atoms with Crippen LogP contribution >= 0.6 is 0 Å². The molecule has 21 heavy (non-hydrogen) atoms. The lowest BCUT2D eigenvalue weighted by Gasteiger charge is -2.28. The van der Waals surface area contributed by atoms with E-state index in [1.54, 1.807) is 0 Å². The molecule has 1 aromatic carbocycles. The number of hydrogen-bond donors (Lipinski definition) is 0. The van der Waals surface area contributed by atoms with Crippen molar-refractivity contribution in [3.8, 4) is 0 Å². The van der Waals surface area contributed by atoms with Crippen LogP contribution in [0.2, 0.25) is 0 Å². The van der Waals surface area contributed by atoms with Crippen molar-refractivity contribution < 1.29 is 19.2 Å². The number of amides is 1. The number of carbonyl (C=O) groups excluding carboxylic acids is 2. The van der Waals surface area contributed by atoms with Gasteiger partial charge in [-0.15, -0.1) is 0 Å². The minimum Gasteiger partial charge on any atom is -0.468 e. The summed E-state index contributed by atoms with van der Waals surface area (Å²) in [4.78, 5) is 34.6. The van der Waals surface area contributed by atoms with Crippen LogP contribution in [0.25, 0.3) is 0 Å². The molecule has 7 heteroatoms. The largest absolute Gasteiger partial charge is 0.468 e. The Hall–Kier alpha value is -2.44. The predicted molar refractivity (Wildman–Crippen MR) is 77.1 cm³/mol. The molecule has 1 aromatic rings. The summed E-state index contributed by atoms with van der Waals surface area (Å²) >= 11 is 0. The molecule has 114 valence electrons. The summed E-state index contributed by atoms with van der Waals surface area (Å²) in [7, 11) is 1.24. The zero-order valence-electron chi connectivity index (χ0n) is 12.3. The van der Waals surface area contributed by atoms with E-state index >= 15 is 0 Å². The molecule has 0 fully saturated rings. The van der Waals surface area contributed by atoms with Crippen molar-refractivity contribution in [2.24, 2.45) is 0 Å². The smallest absolute Gasteiger partial charge is 0.325 e. The molecule has 0 saturated carbocycles. The van der Waals surface area contributed by atoms with E-state index < -0.39 is 10.9 Å². The van der Waals surface area contributed by atoms with E-state index in [-0.39, 0.29) is 24.6 Å². The van der Waals surface area contributed by atoms with Crippen LogP contribution in [0, 0.1) is 10.1 Å². The SMILES string of the molecule is CC.COC(=O)CN1C(=O)CCc2cc([N+](=O)[O-])ccc21. The third kappa shape index (κ3) is 3.77. The van der Waals surface area contributed by atoms with Gasteiger partial charge in [0, 0.05) is 24.2 Å². The van der Waals surface area contributed by atoms with Crippen molar-refractivity contribution in [1.82, 2.24) is 0 Å². The Morgan fingerprint density at radius 1 is 1.38 bits per heavy atom. The Labute approximate surface area is 122 Å². The number of carbonyl (C=O) groups is 2. The molecule has 0 radical (unpaired) electrons. The normalized spacial score (nSPS) is 12.9. The predicted octanol–water partition coefficient (Wildman–Crippen LogP) is 2.07. The molecule has 1 amide bonds. The van der Waals surface area contributed by atoms with Gasteiger partial charge in [-0.25, -0.2) is 0 Å². The highest BCUT2D eigenvalue weighted by molar-refractivity contribution is 6.00. The molecule has 0 saturated heterocycles. The summed E-state index contributed by atoms with van der Waals surface area (Å²) in [6, 6.07) is 4.25. The van der Waals surface area contributed by atoms with Crippen LogP contribution < -0.4 is 4.90 Å². The van der Waals surface area contributed by atoms with E-state index in [0.29, 0.717) is 17.7 Å². The summed E-state index contributed by atoms with van der Waals surface area (Å²) in [6.45, 7) is 3.82. The van der Waals surface area contributed by atoms with Crippen LogP contribution in [0.3, 0.4) is 0 Å². The first kappa shape index (κ1) is 16.6. The van der Waals surface area contributed by atoms with Crippen LogP contribution in [-0.2, 0) is 20.7 Å². The molecule has 0 N–H and O–H groups in total. The van der Waals surface area contributed by atoms with Crippen molar-refractivity contribution in [2.75, 3.05) is 18.6 Å². The van der Waals surface area contributed by atoms with Gasteiger partial charge in [-0.1, -0.05) is 13.8 Å². The first-order chi connectivity index (χ1) is 10.0. The van der Waals surface area contributed by atoms with Gasteiger partial charge in [-0.2, -0.15) is 0 Å². The number of esters is 1. The van der Waals surface area contributed by atoms with Crippen molar-refractivity contribution in [3.05, 3.63) is 33.9 Å². The molecule has 1 aliphatic rings. The quantitative estimate of drug-likeness (QED) is 0.483. The van der Waals surface area contributed by atoms with Crippen LogP contribution in [0.15, 0.2) is 18.2 Å². The van der Waals surface area contributed by atoms with Gasteiger partial charge >= 0.3 is 5.97 Å². The first-order valence-electron chi connectivity index (χ1n) is 6.67. The number of aryl methyl sites for hydroxylation is 1. The molecule has 1 heterocycles. The highest BCUT2D eigenvalue weighted by Crippen LogP contribution is 2.30. The minimum absolute atomic E-state index is 0.0221. The number of benzene rings is 1. The molecular weight excluding hydrogens is 276 g/mol. The summed E-state index contributed by atoms with van der Waals surface area (Å²) in [5, 5.41) is 10.7. The Morgan fingerprint density at radius 3 is 2.62 bits per heavy atom. The topological polar surface area (TPSA) is 89.8 Å². The van der Waals surface area contributed by atoms with Gasteiger partial charge in [0.2, 0.25) is 5.91 Å². The minimum atomic E-state index is -0.528. The highest BCUT2D eigenvalue weighted by atomic mass is 16.6. The second kappa shape index (κ2) is 7.37. The first-order valence-corrected chi connectivity index (χ1v) is 6.67. The molecule has 0 spiro atoms. The molecule has 2 rings (SSSR count). The fraction of sp³-hybridized carbons (Fsp3) is 0.429. The molecule has 7 nitrogen and oxygen atoms in total. The number of nitro groups is 1. The average molecular weight is 294 g/mol. The van der Waals surface area contributed by atoms with Crippen LogP contribution in [0.5, 0.6) is 0 Å². The van der Waals surface area contributed by atoms with Crippen LogP contribution in [0.4, 0.5) is 11.4 Å². The number of rotatable bonds is 3. The lowest BCUT2D eigenvalue weighted by Crippen LogP contribution is -2.39. The van der Waals surface area contributed by atoms with Crippen LogP contribution in [-0.4, -0.2) is 30.5 Å². The third-order valence-corrected chi connectivity index (χ3v) is 2.99. The molecular formula is C14H18N2O5. The third-order valence-electron chi connectivity index (χ3n) is 2.99. The zero-order chi connectivity index (χ0) is 16.0. The average Bonchev–Trinajstić information content (AvgIpc) is 2.51. The molecule has 0 bridgehead atoms. The van der Waals surface area contributed by atoms with Crippen molar-refractivity contribution >= 4 is 23.3 Å². The van der Waals surface area contributed by atoms with Crippen molar-refractivity contribution in [3.63, 3.8) is 0 Å². The molecule has 1 aliphatic heterocycles. The van der Waals surface area contributed by atoms with E-state index in [1.165, 1.54) is 30.2 Å². The number of nitrogens with zero attached hydrogens (tertiary/aromatic N) is 2. The van der Waals surface area contributed by atoms with Gasteiger partial charge in [-0.3, -0.25) is 19.7 Å². The zero-order valence-corrected chi connectivity index (χ0v) is 12.3. The van der Waals surface area contributed by atoms with E-state index in [9.17, 15) is 19.7 Å². The number of anilines is 1. The lowest BCUT2D eigenvalue weighted by atomic mass is 10.0. The van der Waals surface area contributed by atoms with Crippen molar-refractivity contribution in [1.29, 1.82) is 0 Å². The van der Waals surface area contributed by atoms with E-state index in [4.69, 9.17) is 0 Å². The van der Waals surface area contributed by atoms with Gasteiger partial charge < -0.3 is 9.64 Å². The summed E-state index contributed by atoms with van der Waals surface area (Å²) in [6.07, 6.45) is 0.665. The second-order valence-electron chi connectivity index (χ2n) is 4.13. The monoisotopic (exact) mass is 294 g/mol. The number of ether oxygens (including phenoxy) is 1. The Balaban J connectivity index is 0.00000106. The standard InChI is InChI=1S/C12H12N2O5.C2H6/c1-19-12(16)7-13-10-4-3-9(14(17)18)6-8(10)2-5-11(13)15;1-2/h3-4,6H,2,5,7H2,1H3;1-2H3. The molecule has 0 aliphatic carbocycles. The number of methoxy groups -OCH3 is 1. The van der Waals surface area contributed by atoms with Gasteiger partial charge in [0.25, 0.3) is 5.69 Å². The second-order valence-corrected chi connectivity index (χ2v) is 4.13. The van der Waals surface area contributed by atoms with E-state index in [2.05, 4.69) is 4.74 Å². The van der Waals surface area contributed by atoms with E-state index in [0.717, 1.165) is 0 Å². The lowest BCUT2D eigenvalue weighted by molar-refractivity contribution is -0.384. The molecule has 0 aromatic heterocycles. The molecule has 0 unspecified atom stereocenters. The van der Waals surface area contributed by atoms with Gasteiger partial charge in [0.05, 0.1) is 12.0 Å². The number of non-ortho nitro benzene ring substituents is 1. The van der Waals surface area contributed by atoms with Gasteiger partial charge in [-0.05, 0) is 18.1 Å². The molecule has 0 atom stereocenters. The maximum absolute atomic E-state index is 11.8. The Kier molecular flexibility index (Phi) is 5.83. The summed E-state index contributed by atoms with van der Waals surface area (Å²) < 4.78 is 4.54. The summed E-state index contributed by atoms with van der Waals surface area (Å²) in [5.41, 5.74) is 1.20. The Bertz CT molecular complexity index is 556. The van der Waals surface area contributed by atoms with E-state index in [1.807, 2.05) is 13.8 Å². The maximum atomic E-state index is 11.8. The van der Waals surface area contributed by atoms with Gasteiger partial charge in [0.1, 0.15) is 6.54 Å². The number of hydrogen-bond acceptors (Lipinski definition) is 5. The van der Waals surface area contributed by atoms with Crippen LogP contribution in [0.1, 0.15) is 25.8 Å². The summed E-state index contributed by atoms with van der Waals surface area (Å²) in [5.74, 6) is -0.716. The number of nitro benzene ring substituents is 1. The number of fused-ring (bicyclic) bond motifs is 1. The van der Waals surface area contributed by atoms with Crippen molar-refractivity contribution in [2.45, 2.75) is 26.7 Å². The fourth-order valence-corrected chi connectivity index (χ4v) is 2.03. The van der Waals surface area contributed by atoms with Gasteiger partial charge in [0.15, 0.2) is 0 Å². The Morgan fingerprint density at radius 2 is 2.05 bits per heavy atom.